The molecule has 0 saturated heterocycles. The van der Waals surface area contributed by atoms with Crippen molar-refractivity contribution < 1.29 is 27.5 Å². The zero-order chi connectivity index (χ0) is 30.2. The maximum absolute atomic E-state index is 14.0. The van der Waals surface area contributed by atoms with Gasteiger partial charge in [-0.05, 0) is 62.2 Å². The monoisotopic (exact) mass is 645 g/mol. The van der Waals surface area contributed by atoms with Crippen LogP contribution in [-0.4, -0.2) is 58.0 Å². The van der Waals surface area contributed by atoms with Crippen LogP contribution in [0.25, 0.3) is 0 Å². The van der Waals surface area contributed by atoms with Gasteiger partial charge in [0.25, 0.3) is 10.0 Å². The molecule has 0 radical (unpaired) electrons. The largest absolute Gasteiger partial charge is 0.493 e. The quantitative estimate of drug-likeness (QED) is 0.281. The molecule has 0 aliphatic carbocycles. The normalized spacial score (nSPS) is 12.6. The number of amides is 2. The van der Waals surface area contributed by atoms with Gasteiger partial charge in [-0.1, -0.05) is 53.2 Å². The van der Waals surface area contributed by atoms with Crippen LogP contribution < -0.4 is 19.1 Å². The first-order valence-corrected chi connectivity index (χ1v) is 15.4. The summed E-state index contributed by atoms with van der Waals surface area (Å²) in [7, 11) is -1.27. The van der Waals surface area contributed by atoms with E-state index in [2.05, 4.69) is 21.2 Å². The van der Waals surface area contributed by atoms with Gasteiger partial charge in [-0.25, -0.2) is 8.42 Å². The fourth-order valence-corrected chi connectivity index (χ4v) is 5.75. The van der Waals surface area contributed by atoms with E-state index in [0.717, 1.165) is 20.8 Å². The zero-order valence-corrected chi connectivity index (χ0v) is 26.2. The topological polar surface area (TPSA) is 105 Å². The van der Waals surface area contributed by atoms with E-state index in [0.29, 0.717) is 11.5 Å². The number of anilines is 1. The van der Waals surface area contributed by atoms with Gasteiger partial charge in [0.1, 0.15) is 12.6 Å². The molecule has 3 aromatic rings. The summed E-state index contributed by atoms with van der Waals surface area (Å²) in [6.45, 7) is 5.03. The van der Waals surface area contributed by atoms with Gasteiger partial charge in [0.05, 0.1) is 24.8 Å². The first-order chi connectivity index (χ1) is 19.5. The first kappa shape index (κ1) is 32.0. The van der Waals surface area contributed by atoms with E-state index in [9.17, 15) is 18.0 Å². The molecule has 0 aliphatic rings. The summed E-state index contributed by atoms with van der Waals surface area (Å²) in [6, 6.07) is 18.9. The second-order valence-corrected chi connectivity index (χ2v) is 12.3. The number of carbonyl (C=O) groups excluding carboxylic acids is 2. The van der Waals surface area contributed by atoms with Gasteiger partial charge in [-0.15, -0.1) is 0 Å². The number of benzene rings is 3. The molecule has 0 saturated carbocycles. The average Bonchev–Trinajstić information content (AvgIpc) is 2.98. The van der Waals surface area contributed by atoms with Gasteiger partial charge in [0, 0.05) is 23.1 Å². The maximum atomic E-state index is 14.0. The van der Waals surface area contributed by atoms with Crippen LogP contribution in [0.4, 0.5) is 5.69 Å². The van der Waals surface area contributed by atoms with Crippen LogP contribution in [-0.2, 0) is 26.2 Å². The number of nitrogens with one attached hydrogen (secondary N) is 1. The first-order valence-electron chi connectivity index (χ1n) is 13.2. The number of nitrogens with zero attached hydrogens (tertiary/aromatic N) is 2. The molecule has 2 atom stereocenters. The molecule has 0 bridgehead atoms. The summed E-state index contributed by atoms with van der Waals surface area (Å²) in [5, 5.41) is 2.93. The molecule has 0 spiro atoms. The smallest absolute Gasteiger partial charge is 0.264 e. The van der Waals surface area contributed by atoms with E-state index in [4.69, 9.17) is 9.47 Å². The van der Waals surface area contributed by atoms with Crippen LogP contribution in [0.1, 0.15) is 32.8 Å². The Balaban J connectivity index is 2.06. The summed E-state index contributed by atoms with van der Waals surface area (Å²) in [4.78, 5) is 28.6. The number of methoxy groups -OCH3 is 2. The minimum Gasteiger partial charge on any atom is -0.493 e. The van der Waals surface area contributed by atoms with Crippen molar-refractivity contribution in [3.63, 3.8) is 0 Å². The summed E-state index contributed by atoms with van der Waals surface area (Å²) in [5.74, 6) is -0.159. The van der Waals surface area contributed by atoms with Crippen LogP contribution >= 0.6 is 15.9 Å². The van der Waals surface area contributed by atoms with Gasteiger partial charge >= 0.3 is 0 Å². The number of halogens is 1. The number of ether oxygens (including phenoxy) is 2. The molecule has 0 heterocycles. The molecule has 9 nitrogen and oxygen atoms in total. The van der Waals surface area contributed by atoms with Crippen molar-refractivity contribution in [3.8, 4) is 11.5 Å². The minimum atomic E-state index is -4.19. The highest BCUT2D eigenvalue weighted by molar-refractivity contribution is 9.10. The van der Waals surface area contributed by atoms with E-state index in [1.807, 2.05) is 38.1 Å². The second kappa shape index (κ2) is 14.4. The maximum Gasteiger partial charge on any atom is 0.264 e. The van der Waals surface area contributed by atoms with Gasteiger partial charge in [-0.3, -0.25) is 13.9 Å². The third kappa shape index (κ3) is 8.01. The third-order valence-electron chi connectivity index (χ3n) is 6.70. The molecule has 0 aliphatic heterocycles. The third-order valence-corrected chi connectivity index (χ3v) is 9.02. The molecule has 41 heavy (non-hydrogen) atoms. The predicted octanol–water partition coefficient (Wildman–Crippen LogP) is 4.99. The SMILES string of the molecule is CC[C@H](C)NC(=O)[C@@H](C)N(Cc1ccc(Br)cc1)C(=O)CN(c1ccc(OC)c(OC)c1)S(=O)(=O)c1ccccc1. The van der Waals surface area contributed by atoms with Crippen molar-refractivity contribution in [2.75, 3.05) is 25.1 Å². The van der Waals surface area contributed by atoms with Gasteiger partial charge in [0.2, 0.25) is 11.8 Å². The van der Waals surface area contributed by atoms with Crippen LogP contribution in [0.2, 0.25) is 0 Å². The summed E-state index contributed by atoms with van der Waals surface area (Å²) in [6.07, 6.45) is 0.724. The molecular weight excluding hydrogens is 610 g/mol. The van der Waals surface area contributed by atoms with E-state index < -0.39 is 28.5 Å². The standard InChI is InChI=1S/C30H36BrN3O6S/c1-6-21(2)32-30(36)22(3)33(19-23-12-14-24(31)15-13-23)29(35)20-34(41(37,38)26-10-8-7-9-11-26)25-16-17-27(39-4)28(18-25)40-5/h7-18,21-22H,6,19-20H2,1-5H3,(H,32,36)/t21-,22+/m0/s1. The van der Waals surface area contributed by atoms with E-state index in [1.165, 1.54) is 37.3 Å². The molecule has 0 unspecified atom stereocenters. The Morgan fingerprint density at radius 2 is 1.56 bits per heavy atom. The summed E-state index contributed by atoms with van der Waals surface area (Å²) < 4.78 is 40.5. The predicted molar refractivity (Wildman–Crippen MR) is 163 cm³/mol. The lowest BCUT2D eigenvalue weighted by Crippen LogP contribution is -2.52. The van der Waals surface area contributed by atoms with Crippen molar-refractivity contribution in [1.82, 2.24) is 10.2 Å². The fourth-order valence-electron chi connectivity index (χ4n) is 4.06. The molecule has 0 aromatic heterocycles. The van der Waals surface area contributed by atoms with Crippen LogP contribution in [0.15, 0.2) is 82.2 Å². The number of sulfonamides is 1. The van der Waals surface area contributed by atoms with Crippen molar-refractivity contribution in [1.29, 1.82) is 0 Å². The van der Waals surface area contributed by atoms with Gasteiger partial charge in [0.15, 0.2) is 11.5 Å². The molecule has 11 heteroatoms. The Labute approximate surface area is 250 Å². The Bertz CT molecular complexity index is 1430. The second-order valence-electron chi connectivity index (χ2n) is 9.51. The highest BCUT2D eigenvalue weighted by Gasteiger charge is 2.33. The lowest BCUT2D eigenvalue weighted by Gasteiger charge is -2.32. The highest BCUT2D eigenvalue weighted by Crippen LogP contribution is 2.34. The van der Waals surface area contributed by atoms with E-state index in [-0.39, 0.29) is 29.1 Å². The van der Waals surface area contributed by atoms with Gasteiger partial charge in [-0.2, -0.15) is 0 Å². The number of hydrogen-bond donors (Lipinski definition) is 1. The van der Waals surface area contributed by atoms with Crippen LogP contribution in [0.5, 0.6) is 11.5 Å². The van der Waals surface area contributed by atoms with Crippen LogP contribution in [0.3, 0.4) is 0 Å². The average molecular weight is 647 g/mol. The molecule has 1 N–H and O–H groups in total. The van der Waals surface area contributed by atoms with Crippen molar-refractivity contribution in [3.05, 3.63) is 82.8 Å². The van der Waals surface area contributed by atoms with Crippen LogP contribution in [0, 0.1) is 0 Å². The van der Waals surface area contributed by atoms with E-state index in [1.54, 1.807) is 37.3 Å². The molecule has 2 amide bonds. The Hall–Kier alpha value is -3.57. The number of hydrogen-bond acceptors (Lipinski definition) is 6. The Morgan fingerprint density at radius 1 is 0.927 bits per heavy atom. The van der Waals surface area contributed by atoms with E-state index >= 15 is 0 Å². The molecule has 3 aromatic carbocycles. The molecule has 3 rings (SSSR count). The lowest BCUT2D eigenvalue weighted by atomic mass is 10.1. The molecule has 220 valence electrons. The Morgan fingerprint density at radius 3 is 2.15 bits per heavy atom. The highest BCUT2D eigenvalue weighted by atomic mass is 79.9. The number of rotatable bonds is 13. The van der Waals surface area contributed by atoms with Crippen molar-refractivity contribution in [2.24, 2.45) is 0 Å². The minimum absolute atomic E-state index is 0.0182. The van der Waals surface area contributed by atoms with Crippen molar-refractivity contribution in [2.45, 2.75) is 50.7 Å². The zero-order valence-electron chi connectivity index (χ0n) is 23.8. The summed E-state index contributed by atoms with van der Waals surface area (Å²) in [5.41, 5.74) is 0.994. The lowest BCUT2D eigenvalue weighted by molar-refractivity contribution is -0.139. The molecule has 0 fully saturated rings. The van der Waals surface area contributed by atoms with Gasteiger partial charge < -0.3 is 19.7 Å². The van der Waals surface area contributed by atoms with Crippen molar-refractivity contribution >= 4 is 43.5 Å². The Kier molecular flexibility index (Phi) is 11.2. The molecular formula is C30H36BrN3O6S. The fraction of sp³-hybridized carbons (Fsp3) is 0.333. The number of carbonyl (C=O) groups is 2. The summed E-state index contributed by atoms with van der Waals surface area (Å²) >= 11 is 3.42.